The summed E-state index contributed by atoms with van der Waals surface area (Å²) in [7, 11) is 0. The van der Waals surface area contributed by atoms with Gasteiger partial charge in [0.15, 0.2) is 0 Å². The van der Waals surface area contributed by atoms with Crippen molar-refractivity contribution in [2.45, 2.75) is 45.1 Å². The van der Waals surface area contributed by atoms with Crippen LogP contribution in [0.25, 0.3) is 0 Å². The number of hydrogen-bond donors (Lipinski definition) is 1. The van der Waals surface area contributed by atoms with Gasteiger partial charge in [-0.15, -0.1) is 0 Å². The summed E-state index contributed by atoms with van der Waals surface area (Å²) in [5.41, 5.74) is 2.86. The number of aryl methyl sites for hydroxylation is 2. The molecule has 3 unspecified atom stereocenters. The van der Waals surface area contributed by atoms with Crippen LogP contribution in [0.1, 0.15) is 36.8 Å². The number of nitrogens with one attached hydrogen (secondary N) is 1. The van der Waals surface area contributed by atoms with E-state index in [2.05, 4.69) is 36.5 Å². The van der Waals surface area contributed by atoms with E-state index in [1.54, 1.807) is 0 Å². The molecule has 0 spiro atoms. The van der Waals surface area contributed by atoms with Gasteiger partial charge in [0.2, 0.25) is 0 Å². The van der Waals surface area contributed by atoms with Crippen molar-refractivity contribution in [1.82, 2.24) is 5.32 Å². The van der Waals surface area contributed by atoms with Gasteiger partial charge in [0, 0.05) is 6.04 Å². The topological polar surface area (TPSA) is 12.0 Å². The van der Waals surface area contributed by atoms with E-state index < -0.39 is 0 Å². The van der Waals surface area contributed by atoms with Crippen LogP contribution in [0, 0.1) is 18.8 Å². The lowest BCUT2D eigenvalue weighted by Crippen LogP contribution is -2.27. The molecule has 0 amide bonds. The molecule has 1 heteroatoms. The van der Waals surface area contributed by atoms with Crippen molar-refractivity contribution in [3.63, 3.8) is 0 Å². The molecule has 1 nitrogen and oxygen atoms in total. The van der Waals surface area contributed by atoms with E-state index in [4.69, 9.17) is 0 Å². The molecule has 1 N–H and O–H groups in total. The van der Waals surface area contributed by atoms with Crippen LogP contribution in [0.4, 0.5) is 0 Å². The highest BCUT2D eigenvalue weighted by atomic mass is 15.0. The summed E-state index contributed by atoms with van der Waals surface area (Å²) in [6.07, 6.45) is 6.97. The van der Waals surface area contributed by atoms with E-state index in [1.807, 2.05) is 0 Å². The Labute approximate surface area is 105 Å². The van der Waals surface area contributed by atoms with Crippen LogP contribution < -0.4 is 5.32 Å². The second-order valence-electron chi connectivity index (χ2n) is 5.89. The lowest BCUT2D eigenvalue weighted by Gasteiger charge is -2.18. The van der Waals surface area contributed by atoms with Gasteiger partial charge in [0.1, 0.15) is 0 Å². The molecule has 1 heterocycles. The van der Waals surface area contributed by atoms with E-state index in [0.29, 0.717) is 0 Å². The molecular formula is C16H23N. The highest BCUT2D eigenvalue weighted by Crippen LogP contribution is 2.38. The average Bonchev–Trinajstić information content (AvgIpc) is 2.91. The zero-order valence-corrected chi connectivity index (χ0v) is 10.8. The number of hydrogen-bond acceptors (Lipinski definition) is 1. The zero-order chi connectivity index (χ0) is 11.7. The maximum Gasteiger partial charge on any atom is 0.0102 e. The molecule has 1 aliphatic carbocycles. The van der Waals surface area contributed by atoms with Gasteiger partial charge in [-0.05, 0) is 56.6 Å². The molecule has 1 saturated heterocycles. The summed E-state index contributed by atoms with van der Waals surface area (Å²) < 4.78 is 0. The SMILES string of the molecule is Cc1ccc(CCC2NCC3CCCC32)cc1. The number of fused-ring (bicyclic) bond motifs is 1. The Bertz CT molecular complexity index is 368. The lowest BCUT2D eigenvalue weighted by atomic mass is 9.90. The van der Waals surface area contributed by atoms with Crippen molar-refractivity contribution in [3.8, 4) is 0 Å². The van der Waals surface area contributed by atoms with Gasteiger partial charge in [-0.2, -0.15) is 0 Å². The second kappa shape index (κ2) is 4.81. The van der Waals surface area contributed by atoms with E-state index in [9.17, 15) is 0 Å². The largest absolute Gasteiger partial charge is 0.313 e. The molecule has 1 aliphatic heterocycles. The zero-order valence-electron chi connectivity index (χ0n) is 10.8. The first-order valence-electron chi connectivity index (χ1n) is 7.12. The Morgan fingerprint density at radius 2 is 2.00 bits per heavy atom. The van der Waals surface area contributed by atoms with Crippen molar-refractivity contribution >= 4 is 0 Å². The van der Waals surface area contributed by atoms with Gasteiger partial charge in [-0.25, -0.2) is 0 Å². The van der Waals surface area contributed by atoms with Crippen LogP contribution >= 0.6 is 0 Å². The van der Waals surface area contributed by atoms with Crippen molar-refractivity contribution in [1.29, 1.82) is 0 Å². The Morgan fingerprint density at radius 3 is 2.82 bits per heavy atom. The normalized spacial score (nSPS) is 31.7. The lowest BCUT2D eigenvalue weighted by molar-refractivity contribution is 0.393. The van der Waals surface area contributed by atoms with Gasteiger partial charge in [-0.1, -0.05) is 36.2 Å². The first kappa shape index (κ1) is 11.3. The molecule has 1 aromatic rings. The van der Waals surface area contributed by atoms with Gasteiger partial charge in [0.05, 0.1) is 0 Å². The third-order valence-corrected chi connectivity index (χ3v) is 4.74. The van der Waals surface area contributed by atoms with E-state index in [-0.39, 0.29) is 0 Å². The summed E-state index contributed by atoms with van der Waals surface area (Å²) in [5.74, 6) is 1.98. The smallest absolute Gasteiger partial charge is 0.0102 e. The summed E-state index contributed by atoms with van der Waals surface area (Å²) in [4.78, 5) is 0. The van der Waals surface area contributed by atoms with Crippen LogP contribution in [-0.2, 0) is 6.42 Å². The van der Waals surface area contributed by atoms with E-state index in [1.165, 1.54) is 49.8 Å². The third kappa shape index (κ3) is 2.40. The minimum atomic E-state index is 0.795. The second-order valence-corrected chi connectivity index (χ2v) is 5.89. The molecule has 3 atom stereocenters. The molecular weight excluding hydrogens is 206 g/mol. The van der Waals surface area contributed by atoms with Gasteiger partial charge < -0.3 is 5.32 Å². The summed E-state index contributed by atoms with van der Waals surface area (Å²) in [5, 5.41) is 3.74. The highest BCUT2D eigenvalue weighted by Gasteiger charge is 2.38. The predicted octanol–water partition coefficient (Wildman–Crippen LogP) is 3.32. The minimum Gasteiger partial charge on any atom is -0.313 e. The first-order chi connectivity index (χ1) is 8.33. The fourth-order valence-electron chi connectivity index (χ4n) is 3.70. The summed E-state index contributed by atoms with van der Waals surface area (Å²) in [6, 6.07) is 9.84. The predicted molar refractivity (Wildman–Crippen MR) is 72.1 cm³/mol. The molecule has 1 saturated carbocycles. The van der Waals surface area contributed by atoms with Crippen molar-refractivity contribution < 1.29 is 0 Å². The molecule has 0 radical (unpaired) electrons. The Morgan fingerprint density at radius 1 is 1.18 bits per heavy atom. The van der Waals surface area contributed by atoms with Crippen LogP contribution in [-0.4, -0.2) is 12.6 Å². The van der Waals surface area contributed by atoms with Crippen molar-refractivity contribution in [2.24, 2.45) is 11.8 Å². The maximum atomic E-state index is 3.74. The highest BCUT2D eigenvalue weighted by molar-refractivity contribution is 5.21. The number of rotatable bonds is 3. The minimum absolute atomic E-state index is 0.795. The van der Waals surface area contributed by atoms with Crippen LogP contribution in [0.2, 0.25) is 0 Å². The third-order valence-electron chi connectivity index (χ3n) is 4.74. The fourth-order valence-corrected chi connectivity index (χ4v) is 3.70. The monoisotopic (exact) mass is 229 g/mol. The van der Waals surface area contributed by atoms with Crippen LogP contribution in [0.5, 0.6) is 0 Å². The summed E-state index contributed by atoms with van der Waals surface area (Å²) >= 11 is 0. The quantitative estimate of drug-likeness (QED) is 0.838. The fraction of sp³-hybridized carbons (Fsp3) is 0.625. The van der Waals surface area contributed by atoms with Gasteiger partial charge in [-0.3, -0.25) is 0 Å². The maximum absolute atomic E-state index is 3.74. The van der Waals surface area contributed by atoms with Gasteiger partial charge in [0.25, 0.3) is 0 Å². The number of benzene rings is 1. The molecule has 1 aromatic carbocycles. The molecule has 2 fully saturated rings. The molecule has 3 rings (SSSR count). The molecule has 2 aliphatic rings. The average molecular weight is 229 g/mol. The van der Waals surface area contributed by atoms with Crippen molar-refractivity contribution in [2.75, 3.05) is 6.54 Å². The first-order valence-corrected chi connectivity index (χ1v) is 7.12. The Hall–Kier alpha value is -0.820. The molecule has 17 heavy (non-hydrogen) atoms. The Kier molecular flexibility index (Phi) is 3.19. The molecule has 92 valence electrons. The van der Waals surface area contributed by atoms with E-state index >= 15 is 0 Å². The van der Waals surface area contributed by atoms with Gasteiger partial charge >= 0.3 is 0 Å². The van der Waals surface area contributed by atoms with E-state index in [0.717, 1.165) is 17.9 Å². The van der Waals surface area contributed by atoms with Crippen molar-refractivity contribution in [3.05, 3.63) is 35.4 Å². The standard InChI is InChI=1S/C16H23N/c1-12-5-7-13(8-6-12)9-10-16-15-4-2-3-14(15)11-17-16/h5-8,14-17H,2-4,9-11H2,1H3. The van der Waals surface area contributed by atoms with Crippen LogP contribution in [0.15, 0.2) is 24.3 Å². The summed E-state index contributed by atoms with van der Waals surface area (Å²) in [6.45, 7) is 3.44. The Balaban J connectivity index is 1.56. The molecule has 0 aromatic heterocycles. The molecule has 0 bridgehead atoms. The van der Waals surface area contributed by atoms with Crippen LogP contribution in [0.3, 0.4) is 0 Å².